The molecule has 0 spiro atoms. The Labute approximate surface area is 57.3 Å². The summed E-state index contributed by atoms with van der Waals surface area (Å²) in [5, 5.41) is 0.413. The molecule has 8 heavy (non-hydrogen) atoms. The first-order valence-corrected chi connectivity index (χ1v) is 3.62. The van der Waals surface area contributed by atoms with E-state index >= 15 is 0 Å². The van der Waals surface area contributed by atoms with Gasteiger partial charge in [-0.25, -0.2) is 4.39 Å². The lowest BCUT2D eigenvalue weighted by atomic mass is 10.3. The van der Waals surface area contributed by atoms with E-state index in [4.69, 9.17) is 0 Å². The highest BCUT2D eigenvalue weighted by molar-refractivity contribution is 9.09. The maximum absolute atomic E-state index is 12.2. The number of ether oxygens (including phenoxy) is 1. The molecule has 1 atom stereocenters. The molecule has 0 aliphatic heterocycles. The third-order valence-corrected chi connectivity index (χ3v) is 1.51. The molecule has 0 radical (unpaired) electrons. The van der Waals surface area contributed by atoms with Crippen LogP contribution >= 0.6 is 15.9 Å². The van der Waals surface area contributed by atoms with Crippen molar-refractivity contribution < 1.29 is 9.13 Å². The molecular weight excluding hydrogens is 175 g/mol. The summed E-state index contributed by atoms with van der Waals surface area (Å²) in [7, 11) is 1.57. The first-order valence-electron chi connectivity index (χ1n) is 2.50. The molecule has 0 fully saturated rings. The number of alkyl halides is 2. The fourth-order valence-corrected chi connectivity index (χ4v) is 0.647. The van der Waals surface area contributed by atoms with Gasteiger partial charge >= 0.3 is 0 Å². The number of halogens is 2. The van der Waals surface area contributed by atoms with Crippen molar-refractivity contribution in [3.8, 4) is 0 Å². The second kappa shape index (κ2) is 5.51. The highest BCUT2D eigenvalue weighted by atomic mass is 79.9. The van der Waals surface area contributed by atoms with Crippen LogP contribution in [0, 0.1) is 0 Å². The molecule has 0 unspecified atom stereocenters. The van der Waals surface area contributed by atoms with E-state index in [1.807, 2.05) is 0 Å². The number of rotatable bonds is 4. The van der Waals surface area contributed by atoms with Crippen molar-refractivity contribution in [2.45, 2.75) is 12.6 Å². The van der Waals surface area contributed by atoms with Gasteiger partial charge in [0.25, 0.3) is 0 Å². The molecule has 1 nitrogen and oxygen atoms in total. The predicted octanol–water partition coefficient (Wildman–Crippen LogP) is 1.76. The van der Waals surface area contributed by atoms with Gasteiger partial charge in [0.15, 0.2) is 0 Å². The normalized spacial score (nSPS) is 13.9. The van der Waals surface area contributed by atoms with Crippen LogP contribution in [0.2, 0.25) is 0 Å². The van der Waals surface area contributed by atoms with E-state index in [1.54, 1.807) is 7.11 Å². The minimum atomic E-state index is -0.755. The van der Waals surface area contributed by atoms with E-state index in [1.165, 1.54) is 0 Å². The molecular formula is C5H10BrFO. The summed E-state index contributed by atoms with van der Waals surface area (Å²) >= 11 is 3.01. The predicted molar refractivity (Wildman–Crippen MR) is 35.2 cm³/mol. The average molecular weight is 185 g/mol. The summed E-state index contributed by atoms with van der Waals surface area (Å²) in [4.78, 5) is 0. The summed E-state index contributed by atoms with van der Waals surface area (Å²) in [6.45, 7) is 0.507. The van der Waals surface area contributed by atoms with Crippen molar-refractivity contribution in [2.24, 2.45) is 0 Å². The van der Waals surface area contributed by atoms with Crippen LogP contribution in [0.3, 0.4) is 0 Å². The first kappa shape index (κ1) is 8.37. The number of hydrogen-bond acceptors (Lipinski definition) is 1. The molecule has 0 aromatic heterocycles. The smallest absolute Gasteiger partial charge is 0.112 e. The van der Waals surface area contributed by atoms with Crippen LogP contribution in [0.15, 0.2) is 0 Å². The topological polar surface area (TPSA) is 9.23 Å². The van der Waals surface area contributed by atoms with Gasteiger partial charge in [-0.3, -0.25) is 0 Å². The maximum atomic E-state index is 12.2. The van der Waals surface area contributed by atoms with Crippen LogP contribution < -0.4 is 0 Å². The first-order chi connectivity index (χ1) is 3.81. The quantitative estimate of drug-likeness (QED) is 0.606. The van der Waals surface area contributed by atoms with Gasteiger partial charge in [-0.2, -0.15) is 0 Å². The second-order valence-electron chi connectivity index (χ2n) is 1.53. The van der Waals surface area contributed by atoms with Gasteiger partial charge in [-0.15, -0.1) is 0 Å². The Bertz CT molecular complexity index is 51.7. The highest BCUT2D eigenvalue weighted by Crippen LogP contribution is 2.00. The lowest BCUT2D eigenvalue weighted by Gasteiger charge is -2.00. The molecule has 0 heterocycles. The van der Waals surface area contributed by atoms with E-state index in [9.17, 15) is 4.39 Å². The van der Waals surface area contributed by atoms with E-state index in [-0.39, 0.29) is 0 Å². The van der Waals surface area contributed by atoms with Crippen molar-refractivity contribution in [2.75, 3.05) is 19.0 Å². The van der Waals surface area contributed by atoms with E-state index in [0.29, 0.717) is 18.4 Å². The molecule has 0 amide bonds. The van der Waals surface area contributed by atoms with Gasteiger partial charge < -0.3 is 4.74 Å². The Balaban J connectivity index is 2.86. The molecule has 0 aliphatic carbocycles. The van der Waals surface area contributed by atoms with Crippen LogP contribution in [0.5, 0.6) is 0 Å². The molecule has 50 valence electrons. The van der Waals surface area contributed by atoms with Gasteiger partial charge in [0.1, 0.15) is 6.17 Å². The fourth-order valence-electron chi connectivity index (χ4n) is 0.323. The Kier molecular flexibility index (Phi) is 5.76. The molecule has 0 saturated carbocycles. The zero-order valence-corrected chi connectivity index (χ0v) is 6.45. The Hall–Kier alpha value is 0.370. The van der Waals surface area contributed by atoms with Crippen molar-refractivity contribution >= 4 is 15.9 Å². The zero-order valence-electron chi connectivity index (χ0n) is 4.86. The van der Waals surface area contributed by atoms with Crippen molar-refractivity contribution in [3.05, 3.63) is 0 Å². The van der Waals surface area contributed by atoms with Crippen LogP contribution in [0.1, 0.15) is 6.42 Å². The molecule has 0 aromatic rings. The molecule has 0 aliphatic rings. The molecule has 0 N–H and O–H groups in total. The van der Waals surface area contributed by atoms with Gasteiger partial charge in [-0.1, -0.05) is 15.9 Å². The third-order valence-electron chi connectivity index (χ3n) is 0.803. The molecule has 0 rings (SSSR count). The maximum Gasteiger partial charge on any atom is 0.112 e. The number of methoxy groups -OCH3 is 1. The van der Waals surface area contributed by atoms with Crippen molar-refractivity contribution in [3.63, 3.8) is 0 Å². The summed E-state index contributed by atoms with van der Waals surface area (Å²) in [6, 6.07) is 0. The van der Waals surface area contributed by atoms with Crippen LogP contribution in [-0.2, 0) is 4.74 Å². The largest absolute Gasteiger partial charge is 0.385 e. The Morgan fingerprint density at radius 1 is 1.75 bits per heavy atom. The van der Waals surface area contributed by atoms with E-state index in [0.717, 1.165) is 0 Å². The van der Waals surface area contributed by atoms with Gasteiger partial charge in [0.05, 0.1) is 0 Å². The van der Waals surface area contributed by atoms with E-state index < -0.39 is 6.17 Å². The van der Waals surface area contributed by atoms with Gasteiger partial charge in [-0.05, 0) is 0 Å². The Morgan fingerprint density at radius 3 is 2.75 bits per heavy atom. The summed E-state index contributed by atoms with van der Waals surface area (Å²) in [6.07, 6.45) is -0.267. The zero-order chi connectivity index (χ0) is 6.41. The van der Waals surface area contributed by atoms with Gasteiger partial charge in [0.2, 0.25) is 0 Å². The number of hydrogen-bond donors (Lipinski definition) is 0. The molecule has 0 saturated heterocycles. The summed E-state index contributed by atoms with van der Waals surface area (Å²) in [5.74, 6) is 0. The van der Waals surface area contributed by atoms with Crippen LogP contribution in [0.25, 0.3) is 0 Å². The average Bonchev–Trinajstić information content (AvgIpc) is 1.83. The monoisotopic (exact) mass is 184 g/mol. The molecule has 0 aromatic carbocycles. The second-order valence-corrected chi connectivity index (χ2v) is 2.18. The lowest BCUT2D eigenvalue weighted by Crippen LogP contribution is -2.04. The van der Waals surface area contributed by atoms with Gasteiger partial charge in [0, 0.05) is 25.5 Å². The van der Waals surface area contributed by atoms with E-state index in [2.05, 4.69) is 20.7 Å². The fraction of sp³-hybridized carbons (Fsp3) is 1.00. The standard InChI is InChI=1S/C5H10BrFO/c1-8-3-2-5(7)4-6/h5H,2-4H2,1H3/t5-/m1/s1. The minimum Gasteiger partial charge on any atom is -0.385 e. The minimum absolute atomic E-state index is 0.413. The van der Waals surface area contributed by atoms with Crippen molar-refractivity contribution in [1.29, 1.82) is 0 Å². The Morgan fingerprint density at radius 2 is 2.38 bits per heavy atom. The molecule has 3 heteroatoms. The van der Waals surface area contributed by atoms with Crippen molar-refractivity contribution in [1.82, 2.24) is 0 Å². The molecule has 0 bridgehead atoms. The van der Waals surface area contributed by atoms with Crippen LogP contribution in [-0.4, -0.2) is 25.2 Å². The SMILES string of the molecule is COCC[C@@H](F)CBr. The summed E-state index contributed by atoms with van der Waals surface area (Å²) < 4.78 is 16.8. The lowest BCUT2D eigenvalue weighted by molar-refractivity contribution is 0.168. The highest BCUT2D eigenvalue weighted by Gasteiger charge is 2.00. The summed E-state index contributed by atoms with van der Waals surface area (Å²) in [5.41, 5.74) is 0. The third kappa shape index (κ3) is 4.53. The van der Waals surface area contributed by atoms with Crippen LogP contribution in [0.4, 0.5) is 4.39 Å².